The highest BCUT2D eigenvalue weighted by Crippen LogP contribution is 2.23. The minimum Gasteiger partial charge on any atom is -0.507 e. The fourth-order valence-electron chi connectivity index (χ4n) is 1.74. The van der Waals surface area contributed by atoms with Crippen LogP contribution in [0, 0.1) is 0 Å². The summed E-state index contributed by atoms with van der Waals surface area (Å²) < 4.78 is 0. The fourth-order valence-corrected chi connectivity index (χ4v) is 2.47. The quantitative estimate of drug-likeness (QED) is 0.642. The molecule has 0 spiro atoms. The topological polar surface area (TPSA) is 87.1 Å². The lowest BCUT2D eigenvalue weighted by atomic mass is 10.2. The summed E-state index contributed by atoms with van der Waals surface area (Å²) in [5.74, 6) is 0.000260. The number of para-hydroxylation sites is 1. The van der Waals surface area contributed by atoms with Gasteiger partial charge in [-0.2, -0.15) is 0 Å². The molecule has 3 rings (SSSR count). The van der Waals surface area contributed by atoms with E-state index in [0.717, 1.165) is 10.2 Å². The Hall–Kier alpha value is -2.67. The van der Waals surface area contributed by atoms with Crippen LogP contribution < -0.4 is 10.9 Å². The number of hydrogen-bond acceptors (Lipinski definition) is 6. The number of nitrogens with zero attached hydrogens (tertiary/aromatic N) is 2. The molecule has 100 valence electrons. The Morgan fingerprint density at radius 2 is 2.05 bits per heavy atom. The van der Waals surface area contributed by atoms with E-state index in [-0.39, 0.29) is 11.3 Å². The van der Waals surface area contributed by atoms with E-state index >= 15 is 0 Å². The molecular weight excluding hydrogens is 276 g/mol. The Bertz CT molecular complexity index is 772. The van der Waals surface area contributed by atoms with E-state index in [9.17, 15) is 9.90 Å². The monoisotopic (exact) mass is 286 g/mol. The SMILES string of the molecule is O=C(NNc1ncnc2sccc12)c1ccccc1O. The first kappa shape index (κ1) is 12.4. The number of carbonyl (C=O) groups is 1. The van der Waals surface area contributed by atoms with E-state index in [1.54, 1.807) is 12.1 Å². The van der Waals surface area contributed by atoms with Gasteiger partial charge in [0.2, 0.25) is 0 Å². The number of hydrazine groups is 1. The number of amides is 1. The fraction of sp³-hybridized carbons (Fsp3) is 0. The highest BCUT2D eigenvalue weighted by Gasteiger charge is 2.11. The lowest BCUT2D eigenvalue weighted by molar-refractivity contribution is 0.0960. The predicted molar refractivity (Wildman–Crippen MR) is 76.6 cm³/mol. The minimum absolute atomic E-state index is 0.0739. The number of hydrogen-bond donors (Lipinski definition) is 3. The first-order valence-corrected chi connectivity index (χ1v) is 6.66. The highest BCUT2D eigenvalue weighted by atomic mass is 32.1. The summed E-state index contributed by atoms with van der Waals surface area (Å²) >= 11 is 1.49. The molecule has 0 bridgehead atoms. The summed E-state index contributed by atoms with van der Waals surface area (Å²) in [6.07, 6.45) is 1.42. The number of rotatable bonds is 3. The number of fused-ring (bicyclic) bond motifs is 1. The average molecular weight is 286 g/mol. The second kappa shape index (κ2) is 5.14. The van der Waals surface area contributed by atoms with E-state index < -0.39 is 5.91 Å². The van der Waals surface area contributed by atoms with Gasteiger partial charge in [-0.15, -0.1) is 11.3 Å². The van der Waals surface area contributed by atoms with Crippen molar-refractivity contribution in [2.45, 2.75) is 0 Å². The van der Waals surface area contributed by atoms with Crippen molar-refractivity contribution in [3.63, 3.8) is 0 Å². The molecule has 2 heterocycles. The number of aromatic hydroxyl groups is 1. The number of aromatic nitrogens is 2. The summed E-state index contributed by atoms with van der Waals surface area (Å²) in [6.45, 7) is 0. The second-order valence-corrected chi connectivity index (χ2v) is 4.85. The molecule has 0 aliphatic rings. The van der Waals surface area contributed by atoms with Crippen LogP contribution in [0.2, 0.25) is 0 Å². The molecule has 0 saturated carbocycles. The Morgan fingerprint density at radius 1 is 1.20 bits per heavy atom. The Morgan fingerprint density at radius 3 is 2.90 bits per heavy atom. The van der Waals surface area contributed by atoms with Gasteiger partial charge in [0.05, 0.1) is 10.9 Å². The van der Waals surface area contributed by atoms with Gasteiger partial charge in [0.15, 0.2) is 5.82 Å². The van der Waals surface area contributed by atoms with Gasteiger partial charge in [-0.25, -0.2) is 9.97 Å². The Kier molecular flexibility index (Phi) is 3.18. The molecule has 20 heavy (non-hydrogen) atoms. The van der Waals surface area contributed by atoms with E-state index in [1.807, 2.05) is 11.4 Å². The summed E-state index contributed by atoms with van der Waals surface area (Å²) in [5.41, 5.74) is 5.44. The van der Waals surface area contributed by atoms with E-state index in [4.69, 9.17) is 0 Å². The molecule has 0 aliphatic heterocycles. The molecule has 3 N–H and O–H groups in total. The van der Waals surface area contributed by atoms with Crippen molar-refractivity contribution in [1.82, 2.24) is 15.4 Å². The van der Waals surface area contributed by atoms with Gasteiger partial charge in [-0.1, -0.05) is 12.1 Å². The van der Waals surface area contributed by atoms with Crippen LogP contribution in [0.3, 0.4) is 0 Å². The van der Waals surface area contributed by atoms with E-state index in [0.29, 0.717) is 5.82 Å². The number of phenols is 1. The van der Waals surface area contributed by atoms with Crippen LogP contribution in [0.25, 0.3) is 10.2 Å². The van der Waals surface area contributed by atoms with Crippen LogP contribution >= 0.6 is 11.3 Å². The molecule has 0 unspecified atom stereocenters. The number of nitrogens with one attached hydrogen (secondary N) is 2. The number of phenolic OH excluding ortho intramolecular Hbond substituents is 1. The van der Waals surface area contributed by atoms with Crippen LogP contribution in [-0.2, 0) is 0 Å². The molecule has 0 saturated heterocycles. The van der Waals surface area contributed by atoms with Gasteiger partial charge in [0, 0.05) is 0 Å². The van der Waals surface area contributed by atoms with Gasteiger partial charge in [0.1, 0.15) is 16.9 Å². The standard InChI is InChI=1S/C13H10N4O2S/c18-10-4-2-1-3-8(10)12(19)17-16-11-9-5-6-20-13(9)15-7-14-11/h1-7,18H,(H,17,19)(H,14,15,16). The van der Waals surface area contributed by atoms with Gasteiger partial charge in [0.25, 0.3) is 5.91 Å². The summed E-state index contributed by atoms with van der Waals surface area (Å²) in [7, 11) is 0. The molecule has 0 fully saturated rings. The van der Waals surface area contributed by atoms with E-state index in [2.05, 4.69) is 20.8 Å². The van der Waals surface area contributed by atoms with E-state index in [1.165, 1.54) is 29.8 Å². The van der Waals surface area contributed by atoms with Gasteiger partial charge in [-0.3, -0.25) is 15.6 Å². The van der Waals surface area contributed by atoms with Crippen molar-refractivity contribution in [2.75, 3.05) is 5.43 Å². The smallest absolute Gasteiger partial charge is 0.273 e. The van der Waals surface area contributed by atoms with Crippen LogP contribution in [0.15, 0.2) is 42.0 Å². The maximum absolute atomic E-state index is 11.9. The zero-order chi connectivity index (χ0) is 13.9. The normalized spacial score (nSPS) is 10.4. The highest BCUT2D eigenvalue weighted by molar-refractivity contribution is 7.16. The maximum Gasteiger partial charge on any atom is 0.273 e. The molecule has 0 aliphatic carbocycles. The number of thiophene rings is 1. The molecule has 2 aromatic heterocycles. The summed E-state index contributed by atoms with van der Waals surface area (Å²) in [5, 5.41) is 12.3. The third-order valence-electron chi connectivity index (χ3n) is 2.70. The minimum atomic E-state index is -0.440. The second-order valence-electron chi connectivity index (χ2n) is 3.96. The van der Waals surface area contributed by atoms with Gasteiger partial charge in [-0.05, 0) is 23.6 Å². The summed E-state index contributed by atoms with van der Waals surface area (Å²) in [4.78, 5) is 21.0. The number of benzene rings is 1. The van der Waals surface area contributed by atoms with Crippen molar-refractivity contribution < 1.29 is 9.90 Å². The van der Waals surface area contributed by atoms with Crippen LogP contribution in [0.5, 0.6) is 5.75 Å². The molecular formula is C13H10N4O2S. The molecule has 0 atom stereocenters. The summed E-state index contributed by atoms with van der Waals surface area (Å²) in [6, 6.07) is 8.19. The third-order valence-corrected chi connectivity index (χ3v) is 3.53. The molecule has 7 heteroatoms. The zero-order valence-corrected chi connectivity index (χ0v) is 11.0. The largest absolute Gasteiger partial charge is 0.507 e. The average Bonchev–Trinajstić information content (AvgIpc) is 2.94. The lowest BCUT2D eigenvalue weighted by Crippen LogP contribution is -2.29. The van der Waals surface area contributed by atoms with Gasteiger partial charge < -0.3 is 5.11 Å². The van der Waals surface area contributed by atoms with Crippen molar-refractivity contribution >= 4 is 33.3 Å². The first-order valence-electron chi connectivity index (χ1n) is 5.78. The Labute approximate surface area is 118 Å². The van der Waals surface area contributed by atoms with Crippen LogP contribution in [-0.4, -0.2) is 21.0 Å². The predicted octanol–water partition coefficient (Wildman–Crippen LogP) is 2.15. The number of anilines is 1. The Balaban J connectivity index is 1.78. The molecule has 6 nitrogen and oxygen atoms in total. The van der Waals surface area contributed by atoms with Crippen LogP contribution in [0.4, 0.5) is 5.82 Å². The van der Waals surface area contributed by atoms with Crippen molar-refractivity contribution in [2.24, 2.45) is 0 Å². The first-order chi connectivity index (χ1) is 9.75. The van der Waals surface area contributed by atoms with Crippen molar-refractivity contribution in [3.05, 3.63) is 47.6 Å². The molecule has 3 aromatic rings. The molecule has 1 aromatic carbocycles. The number of carbonyl (C=O) groups excluding carboxylic acids is 1. The van der Waals surface area contributed by atoms with Crippen molar-refractivity contribution in [1.29, 1.82) is 0 Å². The maximum atomic E-state index is 11.9. The van der Waals surface area contributed by atoms with Gasteiger partial charge >= 0.3 is 0 Å². The van der Waals surface area contributed by atoms with Crippen molar-refractivity contribution in [3.8, 4) is 5.75 Å². The van der Waals surface area contributed by atoms with Crippen LogP contribution in [0.1, 0.15) is 10.4 Å². The zero-order valence-electron chi connectivity index (χ0n) is 10.2. The molecule has 0 radical (unpaired) electrons. The molecule has 1 amide bonds. The third kappa shape index (κ3) is 2.26. The lowest BCUT2D eigenvalue weighted by Gasteiger charge is -2.09.